The molecule has 0 amide bonds. The van der Waals surface area contributed by atoms with Crippen LogP contribution < -0.4 is 0 Å². The first-order valence-corrected chi connectivity index (χ1v) is 11.8. The molecule has 1 aliphatic rings. The Morgan fingerprint density at radius 3 is 1.86 bits per heavy atom. The van der Waals surface area contributed by atoms with Gasteiger partial charge >= 0.3 is 0 Å². The third kappa shape index (κ3) is 3.95. The van der Waals surface area contributed by atoms with Crippen molar-refractivity contribution < 1.29 is 21.2 Å². The molecule has 2 aromatic carbocycles. The van der Waals surface area contributed by atoms with Crippen molar-refractivity contribution in [1.82, 2.24) is 8.61 Å². The zero-order chi connectivity index (χ0) is 20.7. The molecule has 1 heterocycles. The van der Waals surface area contributed by atoms with Gasteiger partial charge in [0.25, 0.3) is 0 Å². The molecular weight excluding hydrogens is 427 g/mol. The minimum atomic E-state index is -3.81. The monoisotopic (exact) mass is 446 g/mol. The molecule has 0 aliphatic carbocycles. The summed E-state index contributed by atoms with van der Waals surface area (Å²) in [5.74, 6) is -0.525. The van der Waals surface area contributed by atoms with Crippen molar-refractivity contribution in [3.63, 3.8) is 0 Å². The summed E-state index contributed by atoms with van der Waals surface area (Å²) in [7, 11) is -7.57. The van der Waals surface area contributed by atoms with Crippen LogP contribution in [0.25, 0.3) is 0 Å². The molecule has 0 N–H and O–H groups in total. The molecule has 28 heavy (non-hydrogen) atoms. The van der Waals surface area contributed by atoms with Crippen LogP contribution in [0.5, 0.6) is 0 Å². The summed E-state index contributed by atoms with van der Waals surface area (Å²) in [6.45, 7) is 3.50. The Bertz CT molecular complexity index is 1100. The largest absolute Gasteiger partial charge is 0.243 e. The number of hydrogen-bond donors (Lipinski definition) is 0. The quantitative estimate of drug-likeness (QED) is 0.723. The average Bonchev–Trinajstić information content (AvgIpc) is 2.65. The van der Waals surface area contributed by atoms with Crippen molar-refractivity contribution in [2.45, 2.75) is 23.6 Å². The summed E-state index contributed by atoms with van der Waals surface area (Å²) in [6.07, 6.45) is 0. The van der Waals surface area contributed by atoms with E-state index in [0.717, 1.165) is 12.1 Å². The Hall–Kier alpha value is -1.52. The van der Waals surface area contributed by atoms with E-state index < -0.39 is 25.9 Å². The van der Waals surface area contributed by atoms with E-state index in [9.17, 15) is 21.2 Å². The Kier molecular flexibility index (Phi) is 5.84. The third-order valence-electron chi connectivity index (χ3n) is 4.72. The summed E-state index contributed by atoms with van der Waals surface area (Å²) in [4.78, 5) is 0.151. The van der Waals surface area contributed by atoms with Gasteiger partial charge in [0.05, 0.1) is 9.79 Å². The minimum absolute atomic E-state index is 0.0184. The second-order valence-corrected chi connectivity index (χ2v) is 10.9. The molecule has 152 valence electrons. The number of benzene rings is 2. The maximum absolute atomic E-state index is 13.1. The summed E-state index contributed by atoms with van der Waals surface area (Å²) in [5, 5.41) is 0.492. The Balaban J connectivity index is 1.80. The van der Waals surface area contributed by atoms with Gasteiger partial charge in [-0.2, -0.15) is 8.61 Å². The maximum Gasteiger partial charge on any atom is 0.243 e. The van der Waals surface area contributed by atoms with Gasteiger partial charge in [0, 0.05) is 31.2 Å². The normalized spacial score (nSPS) is 17.0. The van der Waals surface area contributed by atoms with E-state index in [2.05, 4.69) is 0 Å². The molecule has 0 aromatic heterocycles. The lowest BCUT2D eigenvalue weighted by molar-refractivity contribution is 0.272. The lowest BCUT2D eigenvalue weighted by Gasteiger charge is -2.33. The lowest BCUT2D eigenvalue weighted by Crippen LogP contribution is -2.50. The zero-order valence-corrected chi connectivity index (χ0v) is 17.8. The third-order valence-corrected chi connectivity index (χ3v) is 9.08. The van der Waals surface area contributed by atoms with Gasteiger partial charge < -0.3 is 0 Å². The van der Waals surface area contributed by atoms with Gasteiger partial charge in [0.2, 0.25) is 20.0 Å². The van der Waals surface area contributed by atoms with Gasteiger partial charge in [-0.15, -0.1) is 0 Å². The van der Waals surface area contributed by atoms with Crippen LogP contribution in [0.1, 0.15) is 11.1 Å². The predicted octanol–water partition coefficient (Wildman–Crippen LogP) is 2.79. The van der Waals surface area contributed by atoms with Gasteiger partial charge in [-0.1, -0.05) is 11.6 Å². The molecule has 0 unspecified atom stereocenters. The van der Waals surface area contributed by atoms with E-state index in [4.69, 9.17) is 11.6 Å². The minimum Gasteiger partial charge on any atom is -0.207 e. The fourth-order valence-corrected chi connectivity index (χ4v) is 6.43. The number of halogens is 2. The summed E-state index contributed by atoms with van der Waals surface area (Å²) in [5.41, 5.74) is 1.19. The summed E-state index contributed by atoms with van der Waals surface area (Å²) < 4.78 is 66.9. The highest BCUT2D eigenvalue weighted by atomic mass is 35.5. The first kappa shape index (κ1) is 21.2. The van der Waals surface area contributed by atoms with Crippen molar-refractivity contribution >= 4 is 31.6 Å². The van der Waals surface area contributed by atoms with Crippen LogP contribution in [0.15, 0.2) is 46.2 Å². The van der Waals surface area contributed by atoms with Crippen LogP contribution in [0.3, 0.4) is 0 Å². The molecule has 1 aliphatic heterocycles. The molecular formula is C18H20ClFN2O4S2. The molecule has 2 aromatic rings. The van der Waals surface area contributed by atoms with Crippen LogP contribution in [0, 0.1) is 19.7 Å². The standard InChI is InChI=1S/C18H20ClFN2O4S2/c1-13-12-18(14(2)11-17(13)19)28(25,26)22-9-7-21(8-10-22)27(23,24)16-5-3-15(20)4-6-16/h3-6,11-12H,7-10H2,1-2H3. The van der Waals surface area contributed by atoms with Gasteiger partial charge in [-0.05, 0) is 61.4 Å². The highest BCUT2D eigenvalue weighted by Crippen LogP contribution is 2.27. The topological polar surface area (TPSA) is 74.8 Å². The molecule has 3 rings (SSSR count). The van der Waals surface area contributed by atoms with Gasteiger partial charge in [-0.25, -0.2) is 21.2 Å². The van der Waals surface area contributed by atoms with E-state index >= 15 is 0 Å². The van der Waals surface area contributed by atoms with Crippen molar-refractivity contribution in [2.24, 2.45) is 0 Å². The van der Waals surface area contributed by atoms with E-state index in [1.807, 2.05) is 0 Å². The van der Waals surface area contributed by atoms with Gasteiger partial charge in [0.1, 0.15) is 5.82 Å². The number of nitrogens with zero attached hydrogens (tertiary/aromatic N) is 2. The van der Waals surface area contributed by atoms with E-state index in [1.54, 1.807) is 19.9 Å². The summed E-state index contributed by atoms with van der Waals surface area (Å²) >= 11 is 6.05. The second kappa shape index (κ2) is 7.72. The zero-order valence-electron chi connectivity index (χ0n) is 15.4. The first-order chi connectivity index (χ1) is 13.0. The highest BCUT2D eigenvalue weighted by molar-refractivity contribution is 7.89. The van der Waals surface area contributed by atoms with Gasteiger partial charge in [0.15, 0.2) is 0 Å². The number of piperazine rings is 1. The second-order valence-electron chi connectivity index (χ2n) is 6.63. The van der Waals surface area contributed by atoms with E-state index in [-0.39, 0.29) is 36.0 Å². The highest BCUT2D eigenvalue weighted by Gasteiger charge is 2.34. The predicted molar refractivity (Wildman–Crippen MR) is 105 cm³/mol. The van der Waals surface area contributed by atoms with Crippen molar-refractivity contribution in [3.8, 4) is 0 Å². The van der Waals surface area contributed by atoms with Crippen molar-refractivity contribution in [1.29, 1.82) is 0 Å². The number of rotatable bonds is 4. The molecule has 0 spiro atoms. The van der Waals surface area contributed by atoms with E-state index in [0.29, 0.717) is 16.1 Å². The molecule has 10 heteroatoms. The van der Waals surface area contributed by atoms with Crippen LogP contribution in [-0.4, -0.2) is 51.6 Å². The lowest BCUT2D eigenvalue weighted by atomic mass is 10.2. The fraction of sp³-hybridized carbons (Fsp3) is 0.333. The Morgan fingerprint density at radius 2 is 1.32 bits per heavy atom. The van der Waals surface area contributed by atoms with E-state index in [1.165, 1.54) is 26.8 Å². The number of sulfonamides is 2. The fourth-order valence-electron chi connectivity index (χ4n) is 3.08. The average molecular weight is 447 g/mol. The van der Waals surface area contributed by atoms with Crippen LogP contribution >= 0.6 is 11.6 Å². The van der Waals surface area contributed by atoms with Gasteiger partial charge in [-0.3, -0.25) is 0 Å². The molecule has 1 fully saturated rings. The maximum atomic E-state index is 13.1. The first-order valence-electron chi connectivity index (χ1n) is 8.56. The molecule has 0 radical (unpaired) electrons. The van der Waals surface area contributed by atoms with Crippen LogP contribution in [-0.2, 0) is 20.0 Å². The number of aryl methyl sites for hydroxylation is 2. The summed E-state index contributed by atoms with van der Waals surface area (Å²) in [6, 6.07) is 7.72. The molecule has 1 saturated heterocycles. The Morgan fingerprint density at radius 1 is 0.821 bits per heavy atom. The molecule has 0 bridgehead atoms. The van der Waals surface area contributed by atoms with Crippen molar-refractivity contribution in [2.75, 3.05) is 26.2 Å². The molecule has 0 saturated carbocycles. The SMILES string of the molecule is Cc1cc(S(=O)(=O)N2CCN(S(=O)(=O)c3ccc(F)cc3)CC2)c(C)cc1Cl. The molecule has 0 atom stereocenters. The van der Waals surface area contributed by atoms with Crippen LogP contribution in [0.4, 0.5) is 4.39 Å². The van der Waals surface area contributed by atoms with Crippen molar-refractivity contribution in [3.05, 3.63) is 58.4 Å². The number of hydrogen-bond acceptors (Lipinski definition) is 4. The smallest absolute Gasteiger partial charge is 0.207 e. The Labute approximate surface area is 169 Å². The van der Waals surface area contributed by atoms with Crippen LogP contribution in [0.2, 0.25) is 5.02 Å². The molecule has 6 nitrogen and oxygen atoms in total.